The molecule has 0 bridgehead atoms. The van der Waals surface area contributed by atoms with Gasteiger partial charge in [0.1, 0.15) is 6.04 Å². The zero-order valence-electron chi connectivity index (χ0n) is 16.7. The van der Waals surface area contributed by atoms with Crippen LogP contribution in [0, 0.1) is 0 Å². The van der Waals surface area contributed by atoms with Gasteiger partial charge < -0.3 is 15.4 Å². The highest BCUT2D eigenvalue weighted by atomic mass is 16.4. The number of carbonyl (C=O) groups is 5. The molecule has 0 aliphatic carbocycles. The number of hydrogen-bond donors (Lipinski definition) is 4. The van der Waals surface area contributed by atoms with E-state index in [1.807, 2.05) is 0 Å². The molecular formula is C21H18BN3O7. The molecule has 5 amide bonds. The van der Waals surface area contributed by atoms with E-state index in [1.165, 1.54) is 30.3 Å². The zero-order valence-corrected chi connectivity index (χ0v) is 16.7. The fourth-order valence-corrected chi connectivity index (χ4v) is 3.85. The summed E-state index contributed by atoms with van der Waals surface area (Å²) in [5, 5.41) is 23.3. The highest BCUT2D eigenvalue weighted by molar-refractivity contribution is 6.58. The van der Waals surface area contributed by atoms with Crippen LogP contribution in [0.1, 0.15) is 49.5 Å². The summed E-state index contributed by atoms with van der Waals surface area (Å²) in [6.07, 6.45) is 0.0730. The first-order chi connectivity index (χ1) is 15.3. The van der Waals surface area contributed by atoms with E-state index in [0.29, 0.717) is 5.56 Å². The molecule has 2 aromatic rings. The van der Waals surface area contributed by atoms with Gasteiger partial charge in [-0.2, -0.15) is 0 Å². The molecule has 11 heteroatoms. The van der Waals surface area contributed by atoms with Gasteiger partial charge in [0.25, 0.3) is 17.7 Å². The number of nitrogens with zero attached hydrogens (tertiary/aromatic N) is 1. The molecule has 0 saturated carbocycles. The van der Waals surface area contributed by atoms with Crippen LogP contribution in [0.4, 0.5) is 0 Å². The Kier molecular flexibility index (Phi) is 5.60. The standard InChI is InChI=1S/C21H18BN3O7/c26-16-8-7-15(19(28)24-16)25-20(29)14-6-2-4-12(17(14)21(25)30)10-23-18(27)11-3-1-5-13(9-11)22(31)32/h1-6,9,15,31-32H,7-8,10H2,(H,23,27)(H,24,26,28). The fourth-order valence-electron chi connectivity index (χ4n) is 3.85. The second-order valence-electron chi connectivity index (χ2n) is 7.47. The Morgan fingerprint density at radius 2 is 1.84 bits per heavy atom. The Balaban J connectivity index is 1.55. The molecule has 2 aromatic carbocycles. The first-order valence-electron chi connectivity index (χ1n) is 9.85. The number of fused-ring (bicyclic) bond motifs is 1. The van der Waals surface area contributed by atoms with Crippen molar-refractivity contribution in [2.45, 2.75) is 25.4 Å². The summed E-state index contributed by atoms with van der Waals surface area (Å²) in [4.78, 5) is 62.9. The van der Waals surface area contributed by atoms with Crippen LogP contribution in [0.5, 0.6) is 0 Å². The number of benzene rings is 2. The molecule has 2 aliphatic heterocycles. The molecule has 10 nitrogen and oxygen atoms in total. The smallest absolute Gasteiger partial charge is 0.423 e. The number of carbonyl (C=O) groups excluding carboxylic acids is 5. The summed E-state index contributed by atoms with van der Waals surface area (Å²) >= 11 is 0. The van der Waals surface area contributed by atoms with E-state index < -0.39 is 42.7 Å². The van der Waals surface area contributed by atoms with Gasteiger partial charge >= 0.3 is 7.12 Å². The van der Waals surface area contributed by atoms with Crippen LogP contribution in [0.15, 0.2) is 42.5 Å². The van der Waals surface area contributed by atoms with Gasteiger partial charge in [-0.15, -0.1) is 0 Å². The minimum atomic E-state index is -1.72. The monoisotopic (exact) mass is 435 g/mol. The molecule has 4 N–H and O–H groups in total. The largest absolute Gasteiger partial charge is 0.488 e. The van der Waals surface area contributed by atoms with Crippen LogP contribution in [0.25, 0.3) is 0 Å². The van der Waals surface area contributed by atoms with E-state index in [9.17, 15) is 34.0 Å². The lowest BCUT2D eigenvalue weighted by Gasteiger charge is -2.27. The number of nitrogens with one attached hydrogen (secondary N) is 2. The van der Waals surface area contributed by atoms with Crippen molar-refractivity contribution in [2.75, 3.05) is 0 Å². The van der Waals surface area contributed by atoms with Crippen molar-refractivity contribution in [1.29, 1.82) is 0 Å². The lowest BCUT2D eigenvalue weighted by atomic mass is 9.79. The number of rotatable bonds is 5. The topological polar surface area (TPSA) is 153 Å². The van der Waals surface area contributed by atoms with E-state index in [-0.39, 0.29) is 41.5 Å². The molecule has 1 unspecified atom stereocenters. The van der Waals surface area contributed by atoms with E-state index >= 15 is 0 Å². The van der Waals surface area contributed by atoms with Gasteiger partial charge in [0.05, 0.1) is 11.1 Å². The first kappa shape index (κ1) is 21.4. The van der Waals surface area contributed by atoms with Crippen molar-refractivity contribution in [3.63, 3.8) is 0 Å². The van der Waals surface area contributed by atoms with Gasteiger partial charge in [-0.1, -0.05) is 24.3 Å². The summed E-state index contributed by atoms with van der Waals surface area (Å²) in [6.45, 7) is -0.0733. The maximum absolute atomic E-state index is 13.1. The molecule has 1 atom stereocenters. The van der Waals surface area contributed by atoms with Crippen LogP contribution in [0.2, 0.25) is 0 Å². The highest BCUT2D eigenvalue weighted by Crippen LogP contribution is 2.29. The Morgan fingerprint density at radius 3 is 2.56 bits per heavy atom. The average molecular weight is 435 g/mol. The maximum atomic E-state index is 13.1. The summed E-state index contributed by atoms with van der Waals surface area (Å²) in [5.74, 6) is -2.95. The minimum Gasteiger partial charge on any atom is -0.423 e. The summed E-state index contributed by atoms with van der Waals surface area (Å²) < 4.78 is 0. The third kappa shape index (κ3) is 3.79. The first-order valence-corrected chi connectivity index (χ1v) is 9.85. The van der Waals surface area contributed by atoms with E-state index in [0.717, 1.165) is 4.90 Å². The average Bonchev–Trinajstić information content (AvgIpc) is 3.03. The predicted octanol–water partition coefficient (Wildman–Crippen LogP) is -1.30. The van der Waals surface area contributed by atoms with Gasteiger partial charge in [0.2, 0.25) is 11.8 Å². The zero-order chi connectivity index (χ0) is 23.0. The third-order valence-electron chi connectivity index (χ3n) is 5.44. The molecule has 0 radical (unpaired) electrons. The van der Waals surface area contributed by atoms with Crippen molar-refractivity contribution in [1.82, 2.24) is 15.5 Å². The molecule has 4 rings (SSSR count). The summed E-state index contributed by atoms with van der Waals surface area (Å²) in [7, 11) is -1.72. The van der Waals surface area contributed by atoms with Gasteiger partial charge in [-0.05, 0) is 35.6 Å². The summed E-state index contributed by atoms with van der Waals surface area (Å²) in [6, 6.07) is 9.34. The SMILES string of the molecule is O=C1CCC(N2C(=O)c3cccc(CNC(=O)c4cccc(B(O)O)c4)c3C2=O)C(=O)N1. The van der Waals surface area contributed by atoms with Gasteiger partial charge in [-0.3, -0.25) is 34.2 Å². The predicted molar refractivity (Wildman–Crippen MR) is 111 cm³/mol. The number of piperidine rings is 1. The number of imide groups is 2. The van der Waals surface area contributed by atoms with Crippen molar-refractivity contribution < 1.29 is 34.0 Å². The molecular weight excluding hydrogens is 417 g/mol. The van der Waals surface area contributed by atoms with E-state index in [4.69, 9.17) is 0 Å². The number of hydrogen-bond acceptors (Lipinski definition) is 7. The van der Waals surface area contributed by atoms with E-state index in [1.54, 1.807) is 12.1 Å². The fraction of sp³-hybridized carbons (Fsp3) is 0.190. The maximum Gasteiger partial charge on any atom is 0.488 e. The second-order valence-corrected chi connectivity index (χ2v) is 7.47. The quantitative estimate of drug-likeness (QED) is 0.336. The Bertz CT molecular complexity index is 1160. The molecule has 1 fully saturated rings. The molecule has 2 aliphatic rings. The Morgan fingerprint density at radius 1 is 1.09 bits per heavy atom. The van der Waals surface area contributed by atoms with Crippen molar-refractivity contribution in [2.24, 2.45) is 0 Å². The Labute approximate surface area is 182 Å². The normalized spacial score (nSPS) is 17.8. The van der Waals surface area contributed by atoms with Crippen LogP contribution in [-0.2, 0) is 16.1 Å². The Hall–Kier alpha value is -3.83. The van der Waals surface area contributed by atoms with Crippen molar-refractivity contribution in [3.05, 3.63) is 64.7 Å². The molecule has 1 saturated heterocycles. The van der Waals surface area contributed by atoms with Crippen LogP contribution in [-0.4, -0.2) is 57.6 Å². The van der Waals surface area contributed by atoms with E-state index in [2.05, 4.69) is 10.6 Å². The lowest BCUT2D eigenvalue weighted by Crippen LogP contribution is -2.54. The van der Waals surface area contributed by atoms with Crippen LogP contribution >= 0.6 is 0 Å². The van der Waals surface area contributed by atoms with Crippen LogP contribution in [0.3, 0.4) is 0 Å². The molecule has 162 valence electrons. The molecule has 0 aromatic heterocycles. The highest BCUT2D eigenvalue weighted by Gasteiger charge is 2.45. The molecule has 0 spiro atoms. The number of amides is 5. The minimum absolute atomic E-state index is 0.0222. The summed E-state index contributed by atoms with van der Waals surface area (Å²) in [5.41, 5.74) is 0.955. The van der Waals surface area contributed by atoms with Crippen molar-refractivity contribution >= 4 is 42.1 Å². The van der Waals surface area contributed by atoms with Gasteiger partial charge in [0.15, 0.2) is 0 Å². The second kappa shape index (κ2) is 8.37. The molecule has 32 heavy (non-hydrogen) atoms. The molecule has 2 heterocycles. The van der Waals surface area contributed by atoms with Crippen LogP contribution < -0.4 is 16.1 Å². The van der Waals surface area contributed by atoms with Gasteiger partial charge in [-0.25, -0.2) is 0 Å². The van der Waals surface area contributed by atoms with Crippen molar-refractivity contribution in [3.8, 4) is 0 Å². The third-order valence-corrected chi connectivity index (χ3v) is 5.44. The van der Waals surface area contributed by atoms with Gasteiger partial charge in [0, 0.05) is 18.5 Å². The lowest BCUT2D eigenvalue weighted by molar-refractivity contribution is -0.136.